The van der Waals surface area contributed by atoms with Crippen LogP contribution in [-0.4, -0.2) is 29.7 Å². The highest BCUT2D eigenvalue weighted by atomic mass is 127. The van der Waals surface area contributed by atoms with Crippen LogP contribution in [0.2, 0.25) is 0 Å². The number of halogens is 2. The lowest BCUT2D eigenvalue weighted by Crippen LogP contribution is -3.00. The van der Waals surface area contributed by atoms with Crippen molar-refractivity contribution in [1.82, 2.24) is 0 Å². The average molecular weight is 439 g/mol. The van der Waals surface area contributed by atoms with Crippen LogP contribution in [0.3, 0.4) is 0 Å². The quantitative estimate of drug-likeness (QED) is 0.508. The SMILES string of the molecule is Cc1cccc(C)c1-c1cccc(F)c1C1=[N+](C)C(C)(C)CO1.[I-]. The Morgan fingerprint density at radius 2 is 1.58 bits per heavy atom. The average Bonchev–Trinajstić information content (AvgIpc) is 2.74. The third kappa shape index (κ3) is 3.08. The second kappa shape index (κ2) is 6.82. The normalized spacial score (nSPS) is 15.9. The summed E-state index contributed by atoms with van der Waals surface area (Å²) in [6, 6.07) is 11.4. The van der Waals surface area contributed by atoms with Crippen LogP contribution < -0.4 is 24.0 Å². The van der Waals surface area contributed by atoms with Crippen molar-refractivity contribution in [1.29, 1.82) is 0 Å². The molecule has 1 heterocycles. The van der Waals surface area contributed by atoms with Crippen LogP contribution in [0.4, 0.5) is 4.39 Å². The van der Waals surface area contributed by atoms with Gasteiger partial charge in [0.1, 0.15) is 18.4 Å². The van der Waals surface area contributed by atoms with E-state index in [9.17, 15) is 4.39 Å². The zero-order valence-corrected chi connectivity index (χ0v) is 16.9. The molecule has 0 spiro atoms. The summed E-state index contributed by atoms with van der Waals surface area (Å²) >= 11 is 0. The number of benzene rings is 2. The molecular weight excluding hydrogens is 416 g/mol. The molecule has 4 heteroatoms. The van der Waals surface area contributed by atoms with E-state index < -0.39 is 0 Å². The largest absolute Gasteiger partial charge is 1.00 e. The fourth-order valence-corrected chi connectivity index (χ4v) is 3.14. The van der Waals surface area contributed by atoms with Crippen molar-refractivity contribution >= 4 is 5.90 Å². The van der Waals surface area contributed by atoms with Crippen LogP contribution in [0.15, 0.2) is 36.4 Å². The monoisotopic (exact) mass is 439 g/mol. The Kier molecular flexibility index (Phi) is 5.37. The van der Waals surface area contributed by atoms with E-state index in [2.05, 4.69) is 39.8 Å². The summed E-state index contributed by atoms with van der Waals surface area (Å²) in [5.74, 6) is 0.371. The Bertz CT molecular complexity index is 791. The molecule has 2 nitrogen and oxygen atoms in total. The minimum Gasteiger partial charge on any atom is -1.00 e. The van der Waals surface area contributed by atoms with E-state index in [-0.39, 0.29) is 35.3 Å². The zero-order chi connectivity index (χ0) is 16.8. The first-order chi connectivity index (χ1) is 10.8. The lowest BCUT2D eigenvalue weighted by molar-refractivity contribution is -0.562. The van der Waals surface area contributed by atoms with Crippen molar-refractivity contribution in [3.05, 3.63) is 58.9 Å². The molecule has 3 rings (SSSR count). The van der Waals surface area contributed by atoms with Gasteiger partial charge in [-0.25, -0.2) is 4.39 Å². The van der Waals surface area contributed by atoms with Crippen molar-refractivity contribution in [3.63, 3.8) is 0 Å². The van der Waals surface area contributed by atoms with Gasteiger partial charge in [-0.15, -0.1) is 0 Å². The fraction of sp³-hybridized carbons (Fsp3) is 0.350. The van der Waals surface area contributed by atoms with Gasteiger partial charge < -0.3 is 28.7 Å². The van der Waals surface area contributed by atoms with Gasteiger partial charge in [-0.3, -0.25) is 0 Å². The van der Waals surface area contributed by atoms with E-state index in [1.165, 1.54) is 6.07 Å². The molecule has 128 valence electrons. The maximum absolute atomic E-state index is 14.7. The summed E-state index contributed by atoms with van der Waals surface area (Å²) in [5, 5.41) is 0. The number of nitrogens with zero attached hydrogens (tertiary/aromatic N) is 1. The predicted molar refractivity (Wildman–Crippen MR) is 91.6 cm³/mol. The molecule has 1 aliphatic rings. The molecule has 0 bridgehead atoms. The highest BCUT2D eigenvalue weighted by Gasteiger charge is 2.42. The number of hydrogen-bond acceptors (Lipinski definition) is 1. The van der Waals surface area contributed by atoms with Crippen LogP contribution in [0.25, 0.3) is 11.1 Å². The molecule has 0 aromatic heterocycles. The summed E-state index contributed by atoms with van der Waals surface area (Å²) in [6.45, 7) is 8.87. The Morgan fingerprint density at radius 1 is 1.00 bits per heavy atom. The molecule has 0 fully saturated rings. The minimum absolute atomic E-state index is 0. The van der Waals surface area contributed by atoms with E-state index in [0.29, 0.717) is 18.1 Å². The van der Waals surface area contributed by atoms with Gasteiger partial charge in [-0.05, 0) is 36.6 Å². The lowest BCUT2D eigenvalue weighted by Gasteiger charge is -2.14. The molecule has 0 radical (unpaired) electrons. The molecule has 0 unspecified atom stereocenters. The number of ether oxygens (including phenoxy) is 1. The maximum Gasteiger partial charge on any atom is 0.374 e. The van der Waals surface area contributed by atoms with Crippen LogP contribution in [0.1, 0.15) is 30.5 Å². The Labute approximate surface area is 160 Å². The Hall–Kier alpha value is -1.43. The minimum atomic E-state index is -0.246. The summed E-state index contributed by atoms with van der Waals surface area (Å²) in [5.41, 5.74) is 4.65. The number of likely N-dealkylation sites (N-methyl/N-ethyl adjacent to an activating group) is 1. The summed E-state index contributed by atoms with van der Waals surface area (Å²) in [7, 11) is 1.96. The molecule has 0 atom stereocenters. The molecule has 2 aromatic carbocycles. The van der Waals surface area contributed by atoms with Crippen molar-refractivity contribution < 1.29 is 37.7 Å². The van der Waals surface area contributed by atoms with Gasteiger partial charge in [-0.2, -0.15) is 4.58 Å². The van der Waals surface area contributed by atoms with Gasteiger partial charge in [-0.1, -0.05) is 30.3 Å². The molecule has 0 saturated heterocycles. The number of aryl methyl sites for hydroxylation is 2. The molecule has 0 saturated carbocycles. The molecule has 0 N–H and O–H groups in total. The first-order valence-electron chi connectivity index (χ1n) is 7.92. The second-order valence-corrected chi connectivity index (χ2v) is 6.89. The van der Waals surface area contributed by atoms with Crippen LogP contribution >= 0.6 is 0 Å². The molecule has 2 aromatic rings. The van der Waals surface area contributed by atoms with Crippen LogP contribution in [-0.2, 0) is 4.74 Å². The highest BCUT2D eigenvalue weighted by Crippen LogP contribution is 2.33. The molecular formula is C20H23FINO. The fourth-order valence-electron chi connectivity index (χ4n) is 3.14. The summed E-state index contributed by atoms with van der Waals surface area (Å²) < 4.78 is 22.7. The lowest BCUT2D eigenvalue weighted by atomic mass is 9.92. The van der Waals surface area contributed by atoms with Crippen molar-refractivity contribution in [2.75, 3.05) is 13.7 Å². The smallest absolute Gasteiger partial charge is 0.374 e. The Morgan fingerprint density at radius 3 is 2.12 bits per heavy atom. The first-order valence-corrected chi connectivity index (χ1v) is 7.92. The zero-order valence-electron chi connectivity index (χ0n) is 14.8. The van der Waals surface area contributed by atoms with E-state index >= 15 is 0 Å². The summed E-state index contributed by atoms with van der Waals surface area (Å²) in [6.07, 6.45) is 0. The predicted octanol–water partition coefficient (Wildman–Crippen LogP) is 1.31. The van der Waals surface area contributed by atoms with E-state index in [4.69, 9.17) is 4.74 Å². The van der Waals surface area contributed by atoms with Crippen molar-refractivity contribution in [2.24, 2.45) is 0 Å². The van der Waals surface area contributed by atoms with Crippen LogP contribution in [0, 0.1) is 19.7 Å². The summed E-state index contributed by atoms with van der Waals surface area (Å²) in [4.78, 5) is 0. The third-order valence-electron chi connectivity index (χ3n) is 4.75. The van der Waals surface area contributed by atoms with Gasteiger partial charge in [0.15, 0.2) is 12.1 Å². The molecule has 24 heavy (non-hydrogen) atoms. The van der Waals surface area contributed by atoms with E-state index in [1.54, 1.807) is 6.07 Å². The number of rotatable bonds is 2. The standard InChI is InChI=1S/C20H23FNO.HI/c1-13-8-6-9-14(2)17(13)15-10-7-11-16(21)18(15)19-22(5)20(3,4)12-23-19;/h6-11H,12H2,1-5H3;1H/q+1;/p-1. The van der Waals surface area contributed by atoms with E-state index in [1.807, 2.05) is 23.8 Å². The van der Waals surface area contributed by atoms with Gasteiger partial charge in [0.2, 0.25) is 0 Å². The maximum atomic E-state index is 14.7. The second-order valence-electron chi connectivity index (χ2n) is 6.89. The van der Waals surface area contributed by atoms with Gasteiger partial charge >= 0.3 is 5.90 Å². The van der Waals surface area contributed by atoms with Crippen molar-refractivity contribution in [2.45, 2.75) is 33.2 Å². The first kappa shape index (κ1) is 18.9. The topological polar surface area (TPSA) is 12.2 Å². The van der Waals surface area contributed by atoms with Gasteiger partial charge in [0.05, 0.1) is 0 Å². The van der Waals surface area contributed by atoms with Crippen LogP contribution in [0.5, 0.6) is 0 Å². The third-order valence-corrected chi connectivity index (χ3v) is 4.75. The highest BCUT2D eigenvalue weighted by molar-refractivity contribution is 5.99. The molecule has 0 amide bonds. The van der Waals surface area contributed by atoms with Gasteiger partial charge in [0, 0.05) is 19.4 Å². The molecule has 0 aliphatic carbocycles. The Balaban J connectivity index is 0.00000208. The van der Waals surface area contributed by atoms with Crippen molar-refractivity contribution in [3.8, 4) is 11.1 Å². The number of hydrogen-bond donors (Lipinski definition) is 0. The van der Waals surface area contributed by atoms with E-state index in [0.717, 1.165) is 22.3 Å². The molecule has 1 aliphatic heterocycles. The van der Waals surface area contributed by atoms with Gasteiger partial charge in [0.25, 0.3) is 0 Å².